The van der Waals surface area contributed by atoms with E-state index in [0.717, 1.165) is 39.1 Å². The van der Waals surface area contributed by atoms with Crippen molar-refractivity contribution in [3.8, 4) is 0 Å². The zero-order valence-electron chi connectivity index (χ0n) is 17.8. The van der Waals surface area contributed by atoms with E-state index < -0.39 is 15.6 Å². The molecule has 0 aromatic heterocycles. The molecule has 8 heteroatoms. The van der Waals surface area contributed by atoms with Gasteiger partial charge in [-0.1, -0.05) is 18.2 Å². The fraction of sp³-hybridized carbons (Fsp3) is 0.650. The molecule has 0 saturated carbocycles. The molecule has 0 heterocycles. The zero-order valence-corrected chi connectivity index (χ0v) is 18.7. The molecule has 0 unspecified atom stereocenters. The van der Waals surface area contributed by atoms with Crippen LogP contribution in [-0.2, 0) is 21.3 Å². The summed E-state index contributed by atoms with van der Waals surface area (Å²) in [6.45, 7) is 12.7. The van der Waals surface area contributed by atoms with Crippen molar-refractivity contribution in [1.82, 2.24) is 15.4 Å². The summed E-state index contributed by atoms with van der Waals surface area (Å²) in [5, 5.41) is 6.48. The number of rotatable bonds is 11. The molecular formula is C20H36N4O3S. The molecule has 3 N–H and O–H groups in total. The third-order valence-electron chi connectivity index (χ3n) is 3.67. The van der Waals surface area contributed by atoms with Crippen molar-refractivity contribution in [2.75, 3.05) is 26.3 Å². The second-order valence-electron chi connectivity index (χ2n) is 7.49. The van der Waals surface area contributed by atoms with Crippen molar-refractivity contribution in [1.29, 1.82) is 0 Å². The Labute approximate surface area is 170 Å². The Hall–Kier alpha value is -1.64. The van der Waals surface area contributed by atoms with Crippen LogP contribution in [-0.4, -0.2) is 46.2 Å². The lowest BCUT2D eigenvalue weighted by molar-refractivity contribution is 0.143. The number of aliphatic imine (C=N–C) groups is 1. The Morgan fingerprint density at radius 3 is 2.46 bits per heavy atom. The van der Waals surface area contributed by atoms with Gasteiger partial charge in [-0.3, -0.25) is 0 Å². The number of sulfonamides is 1. The number of nitrogens with zero attached hydrogens (tertiary/aromatic N) is 1. The van der Waals surface area contributed by atoms with Gasteiger partial charge in [0.25, 0.3) is 0 Å². The maximum Gasteiger partial charge on any atom is 0.241 e. The average molecular weight is 413 g/mol. The van der Waals surface area contributed by atoms with Crippen LogP contribution in [0.5, 0.6) is 0 Å². The first-order valence-corrected chi connectivity index (χ1v) is 11.4. The van der Waals surface area contributed by atoms with Gasteiger partial charge in [0.2, 0.25) is 10.0 Å². The summed E-state index contributed by atoms with van der Waals surface area (Å²) in [6, 6.07) is 6.97. The molecule has 0 amide bonds. The van der Waals surface area contributed by atoms with E-state index in [-0.39, 0.29) is 11.4 Å². The van der Waals surface area contributed by atoms with Gasteiger partial charge in [0.1, 0.15) is 0 Å². The summed E-state index contributed by atoms with van der Waals surface area (Å²) >= 11 is 0. The van der Waals surface area contributed by atoms with Gasteiger partial charge in [-0.2, -0.15) is 0 Å². The highest BCUT2D eigenvalue weighted by Crippen LogP contribution is 2.18. The van der Waals surface area contributed by atoms with Crippen molar-refractivity contribution < 1.29 is 13.2 Å². The molecule has 1 aromatic rings. The Bertz CT molecular complexity index is 712. The minimum absolute atomic E-state index is 0.265. The van der Waals surface area contributed by atoms with Gasteiger partial charge in [0.15, 0.2) is 5.96 Å². The van der Waals surface area contributed by atoms with E-state index >= 15 is 0 Å². The molecule has 0 aliphatic heterocycles. The zero-order chi connectivity index (χ0) is 21.0. The Balaban J connectivity index is 2.81. The number of nitrogens with one attached hydrogen (secondary N) is 3. The minimum Gasteiger partial charge on any atom is -0.382 e. The molecule has 0 bridgehead atoms. The van der Waals surface area contributed by atoms with Gasteiger partial charge in [0.05, 0.1) is 11.4 Å². The topological polar surface area (TPSA) is 91.8 Å². The molecule has 1 aromatic carbocycles. The molecule has 0 radical (unpaired) electrons. The van der Waals surface area contributed by atoms with Gasteiger partial charge in [-0.15, -0.1) is 0 Å². The molecule has 1 rings (SSSR count). The van der Waals surface area contributed by atoms with E-state index in [1.54, 1.807) is 18.2 Å². The maximum absolute atomic E-state index is 12.7. The minimum atomic E-state index is -3.61. The summed E-state index contributed by atoms with van der Waals surface area (Å²) in [6.07, 6.45) is 1.96. The van der Waals surface area contributed by atoms with Crippen molar-refractivity contribution >= 4 is 16.0 Å². The molecule has 28 heavy (non-hydrogen) atoms. The van der Waals surface area contributed by atoms with Gasteiger partial charge in [-0.05, 0) is 59.1 Å². The first-order chi connectivity index (χ1) is 13.2. The first kappa shape index (κ1) is 24.4. The lowest BCUT2D eigenvalue weighted by atomic mass is 10.1. The molecule has 7 nitrogen and oxygen atoms in total. The van der Waals surface area contributed by atoms with Crippen LogP contribution in [0.3, 0.4) is 0 Å². The van der Waals surface area contributed by atoms with Crippen LogP contribution in [0.25, 0.3) is 0 Å². The molecular weight excluding hydrogens is 376 g/mol. The molecule has 0 fully saturated rings. The highest BCUT2D eigenvalue weighted by Gasteiger charge is 2.24. The molecule has 160 valence electrons. The molecule has 0 aliphatic carbocycles. The van der Waals surface area contributed by atoms with Crippen LogP contribution in [0.2, 0.25) is 0 Å². The van der Waals surface area contributed by atoms with Crippen LogP contribution >= 0.6 is 0 Å². The third kappa shape index (κ3) is 9.52. The number of guanidine groups is 1. The number of unbranched alkanes of at least 4 members (excludes halogenated alkanes) is 1. The van der Waals surface area contributed by atoms with Crippen LogP contribution in [0.15, 0.2) is 34.2 Å². The van der Waals surface area contributed by atoms with Crippen molar-refractivity contribution in [2.45, 2.75) is 64.4 Å². The molecule has 0 saturated heterocycles. The van der Waals surface area contributed by atoms with Crippen LogP contribution in [0.1, 0.15) is 53.0 Å². The van der Waals surface area contributed by atoms with E-state index in [4.69, 9.17) is 4.74 Å². The van der Waals surface area contributed by atoms with Crippen LogP contribution in [0.4, 0.5) is 0 Å². The predicted molar refractivity (Wildman–Crippen MR) is 115 cm³/mol. The Morgan fingerprint density at radius 2 is 1.82 bits per heavy atom. The van der Waals surface area contributed by atoms with E-state index in [1.807, 2.05) is 40.7 Å². The van der Waals surface area contributed by atoms with E-state index in [9.17, 15) is 8.42 Å². The lowest BCUT2D eigenvalue weighted by Crippen LogP contribution is -2.40. The summed E-state index contributed by atoms with van der Waals surface area (Å²) in [5.41, 5.74) is 0.112. The monoisotopic (exact) mass is 412 g/mol. The van der Waals surface area contributed by atoms with Gasteiger partial charge < -0.3 is 15.4 Å². The highest BCUT2D eigenvalue weighted by molar-refractivity contribution is 7.89. The quantitative estimate of drug-likeness (QED) is 0.295. The van der Waals surface area contributed by atoms with Gasteiger partial charge in [0, 0.05) is 31.8 Å². The largest absolute Gasteiger partial charge is 0.382 e. The average Bonchev–Trinajstić information content (AvgIpc) is 2.60. The fourth-order valence-corrected chi connectivity index (χ4v) is 4.19. The Morgan fingerprint density at radius 1 is 1.11 bits per heavy atom. The van der Waals surface area contributed by atoms with Crippen LogP contribution in [0, 0.1) is 0 Å². The summed E-state index contributed by atoms with van der Waals surface area (Å²) in [4.78, 5) is 4.82. The second-order valence-corrected chi connectivity index (χ2v) is 9.14. The number of hydrogen-bond acceptors (Lipinski definition) is 4. The number of ether oxygens (including phenoxy) is 1. The molecule has 0 spiro atoms. The van der Waals surface area contributed by atoms with E-state index in [0.29, 0.717) is 11.5 Å². The predicted octanol–water partition coefficient (Wildman–Crippen LogP) is 2.64. The SMILES string of the molecule is CCNC(=NCc1ccccc1S(=O)(=O)NC(C)(C)C)NCCCCOCC. The number of hydrogen-bond donors (Lipinski definition) is 3. The first-order valence-electron chi connectivity index (χ1n) is 9.91. The normalized spacial score (nSPS) is 12.8. The van der Waals surface area contributed by atoms with Crippen molar-refractivity contribution in [2.24, 2.45) is 4.99 Å². The summed E-state index contributed by atoms with van der Waals surface area (Å²) in [5.74, 6) is 0.676. The smallest absolute Gasteiger partial charge is 0.241 e. The Kier molecular flexibility index (Phi) is 10.5. The maximum atomic E-state index is 12.7. The standard InChI is InChI=1S/C20H36N4O3S/c1-6-21-19(22-14-10-11-15-27-7-2)23-16-17-12-8-9-13-18(17)28(25,26)24-20(3,4)5/h8-9,12-13,24H,6-7,10-11,14-16H2,1-5H3,(H2,21,22,23). The fourth-order valence-electron chi connectivity index (χ4n) is 2.54. The van der Waals surface area contributed by atoms with Crippen molar-refractivity contribution in [3.05, 3.63) is 29.8 Å². The second kappa shape index (κ2) is 12.0. The van der Waals surface area contributed by atoms with E-state index in [2.05, 4.69) is 20.3 Å². The third-order valence-corrected chi connectivity index (χ3v) is 5.52. The van der Waals surface area contributed by atoms with Gasteiger partial charge >= 0.3 is 0 Å². The van der Waals surface area contributed by atoms with Crippen molar-refractivity contribution in [3.63, 3.8) is 0 Å². The van der Waals surface area contributed by atoms with Gasteiger partial charge in [-0.25, -0.2) is 18.1 Å². The number of benzene rings is 1. The summed E-state index contributed by atoms with van der Waals surface area (Å²) in [7, 11) is -3.61. The highest BCUT2D eigenvalue weighted by atomic mass is 32.2. The summed E-state index contributed by atoms with van der Waals surface area (Å²) < 4.78 is 33.5. The molecule has 0 aliphatic rings. The van der Waals surface area contributed by atoms with Crippen LogP contribution < -0.4 is 15.4 Å². The molecule has 0 atom stereocenters. The van der Waals surface area contributed by atoms with E-state index in [1.165, 1.54) is 0 Å². The lowest BCUT2D eigenvalue weighted by Gasteiger charge is -2.21.